The summed E-state index contributed by atoms with van der Waals surface area (Å²) >= 11 is 0. The zero-order valence-corrected chi connectivity index (χ0v) is 35.3. The molecule has 5 unspecified atom stereocenters. The van der Waals surface area contributed by atoms with Crippen molar-refractivity contribution in [3.05, 3.63) is 108 Å². The van der Waals surface area contributed by atoms with Crippen molar-refractivity contribution in [2.75, 3.05) is 26.2 Å². The lowest BCUT2D eigenvalue weighted by atomic mass is 10.0. The number of likely N-dealkylation sites (tertiary alicyclic amines) is 1. The smallest absolute Gasteiger partial charge is 0.407 e. The van der Waals surface area contributed by atoms with Crippen LogP contribution in [0.2, 0.25) is 0 Å². The molecular formula is C45H57N7O10. The Morgan fingerprint density at radius 1 is 0.790 bits per heavy atom. The van der Waals surface area contributed by atoms with Gasteiger partial charge < -0.3 is 46.7 Å². The van der Waals surface area contributed by atoms with Gasteiger partial charge in [-0.15, -0.1) is 0 Å². The number of ketones is 1. The fourth-order valence-electron chi connectivity index (χ4n) is 6.69. The van der Waals surface area contributed by atoms with Gasteiger partial charge in [-0.3, -0.25) is 33.6 Å². The van der Waals surface area contributed by atoms with E-state index in [2.05, 4.69) is 26.6 Å². The van der Waals surface area contributed by atoms with Gasteiger partial charge in [0.15, 0.2) is 0 Å². The van der Waals surface area contributed by atoms with E-state index in [1.165, 1.54) is 4.90 Å². The van der Waals surface area contributed by atoms with Gasteiger partial charge in [0.2, 0.25) is 29.4 Å². The molecule has 7 N–H and O–H groups in total. The molecule has 5 atom stereocenters. The molecule has 1 fully saturated rings. The van der Waals surface area contributed by atoms with Crippen molar-refractivity contribution in [2.24, 2.45) is 11.7 Å². The highest BCUT2D eigenvalue weighted by molar-refractivity contribution is 6.38. The number of carbonyl (C=O) groups is 8. The Bertz CT molecular complexity index is 1980. The number of alkyl carbamates (subject to hydrolysis) is 1. The van der Waals surface area contributed by atoms with Crippen molar-refractivity contribution in [1.29, 1.82) is 0 Å². The summed E-state index contributed by atoms with van der Waals surface area (Å²) in [6.07, 6.45) is -0.656. The first kappa shape index (κ1) is 48.1. The summed E-state index contributed by atoms with van der Waals surface area (Å²) in [5.74, 6) is -5.42. The van der Waals surface area contributed by atoms with Crippen molar-refractivity contribution in [2.45, 2.75) is 89.8 Å². The van der Waals surface area contributed by atoms with Crippen LogP contribution in [0.4, 0.5) is 4.79 Å². The molecule has 1 saturated heterocycles. The lowest BCUT2D eigenvalue weighted by Gasteiger charge is -2.29. The van der Waals surface area contributed by atoms with Crippen LogP contribution in [-0.4, -0.2) is 103 Å². The van der Waals surface area contributed by atoms with Gasteiger partial charge in [0.1, 0.15) is 18.1 Å². The van der Waals surface area contributed by atoms with E-state index in [4.69, 9.17) is 15.2 Å². The lowest BCUT2D eigenvalue weighted by molar-refractivity contribution is -0.143. The molecule has 1 aliphatic rings. The topological polar surface area (TPSA) is 244 Å². The maximum absolute atomic E-state index is 14.4. The van der Waals surface area contributed by atoms with Crippen LogP contribution >= 0.6 is 0 Å². The number of carbonyl (C=O) groups excluding carboxylic acids is 8. The van der Waals surface area contributed by atoms with E-state index in [-0.39, 0.29) is 63.8 Å². The maximum Gasteiger partial charge on any atom is 0.407 e. The van der Waals surface area contributed by atoms with E-state index in [9.17, 15) is 38.4 Å². The van der Waals surface area contributed by atoms with Crippen LogP contribution in [0.25, 0.3) is 0 Å². The molecule has 17 nitrogen and oxygen atoms in total. The summed E-state index contributed by atoms with van der Waals surface area (Å²) in [5, 5.41) is 12.8. The molecular weight excluding hydrogens is 799 g/mol. The first-order valence-corrected chi connectivity index (χ1v) is 20.8. The second kappa shape index (κ2) is 24.6. The Balaban J connectivity index is 1.48. The molecule has 4 rings (SSSR count). The minimum atomic E-state index is -1.33. The van der Waals surface area contributed by atoms with E-state index in [0.717, 1.165) is 5.56 Å². The van der Waals surface area contributed by atoms with Crippen molar-refractivity contribution in [3.8, 4) is 0 Å². The molecule has 1 heterocycles. The SMILES string of the molecule is CCCC(NC(=O)C1CC(OCc2ccccc2)CN1C(=O)C(CCCNC(=O)c1ccccc1)NC(=O)OCC(C)C)C(=O)C(=O)NCC(=O)NC(C(N)=O)c1ccccc1. The number of nitrogens with two attached hydrogens (primary N) is 1. The predicted octanol–water partition coefficient (Wildman–Crippen LogP) is 2.45. The highest BCUT2D eigenvalue weighted by atomic mass is 16.5. The molecule has 0 spiro atoms. The first-order valence-electron chi connectivity index (χ1n) is 20.8. The van der Waals surface area contributed by atoms with Gasteiger partial charge >= 0.3 is 6.09 Å². The monoisotopic (exact) mass is 855 g/mol. The highest BCUT2D eigenvalue weighted by Crippen LogP contribution is 2.24. The van der Waals surface area contributed by atoms with Gasteiger partial charge in [-0.05, 0) is 48.4 Å². The Morgan fingerprint density at radius 2 is 1.44 bits per heavy atom. The van der Waals surface area contributed by atoms with Gasteiger partial charge in [-0.1, -0.05) is 106 Å². The third-order valence-corrected chi connectivity index (χ3v) is 9.87. The summed E-state index contributed by atoms with van der Waals surface area (Å²) < 4.78 is 11.5. The zero-order valence-electron chi connectivity index (χ0n) is 35.3. The zero-order chi connectivity index (χ0) is 45.0. The van der Waals surface area contributed by atoms with Crippen LogP contribution in [0.1, 0.15) is 80.4 Å². The summed E-state index contributed by atoms with van der Waals surface area (Å²) in [6, 6.07) is 21.3. The maximum atomic E-state index is 14.4. The minimum Gasteiger partial charge on any atom is -0.449 e. The molecule has 332 valence electrons. The van der Waals surface area contributed by atoms with Crippen molar-refractivity contribution in [3.63, 3.8) is 0 Å². The molecule has 0 saturated carbocycles. The van der Waals surface area contributed by atoms with Crippen molar-refractivity contribution in [1.82, 2.24) is 31.5 Å². The molecule has 0 aliphatic carbocycles. The van der Waals surface area contributed by atoms with Gasteiger partial charge in [-0.2, -0.15) is 0 Å². The summed E-state index contributed by atoms with van der Waals surface area (Å²) in [7, 11) is 0. The van der Waals surface area contributed by atoms with Crippen LogP contribution in [0, 0.1) is 5.92 Å². The molecule has 3 aromatic carbocycles. The van der Waals surface area contributed by atoms with E-state index < -0.39 is 78.2 Å². The normalized spacial score (nSPS) is 16.0. The van der Waals surface area contributed by atoms with Crippen LogP contribution in [0.5, 0.6) is 0 Å². The Labute approximate surface area is 361 Å². The minimum absolute atomic E-state index is 0.0177. The number of nitrogens with zero attached hydrogens (tertiary/aromatic N) is 1. The van der Waals surface area contributed by atoms with E-state index in [0.29, 0.717) is 17.5 Å². The number of amides is 7. The number of benzene rings is 3. The number of hydrogen-bond donors (Lipinski definition) is 6. The Morgan fingerprint density at radius 3 is 2.06 bits per heavy atom. The summed E-state index contributed by atoms with van der Waals surface area (Å²) in [6.45, 7) is 5.23. The third-order valence-electron chi connectivity index (χ3n) is 9.87. The average molecular weight is 856 g/mol. The van der Waals surface area contributed by atoms with Gasteiger partial charge in [0.05, 0.1) is 31.9 Å². The molecule has 1 aliphatic heterocycles. The van der Waals surface area contributed by atoms with Gasteiger partial charge in [0, 0.05) is 25.1 Å². The largest absolute Gasteiger partial charge is 0.449 e. The standard InChI is InChI=1S/C45H57N7O10/c1-4-15-34(39(54)43(58)48-25-37(53)51-38(40(46)55)31-18-10-6-11-19-31)49-42(57)36-24-33(61-28-30-16-8-5-9-17-30)26-52(36)44(59)35(50-45(60)62-27-29(2)3)22-14-23-47-41(56)32-20-12-7-13-21-32/h5-13,16-21,29,33-36,38H,4,14-15,22-28H2,1-3H3,(H2,46,55)(H,47,56)(H,48,58)(H,49,57)(H,50,60)(H,51,53). The predicted molar refractivity (Wildman–Crippen MR) is 228 cm³/mol. The fraction of sp³-hybridized carbons (Fsp3) is 0.422. The van der Waals surface area contributed by atoms with E-state index in [1.54, 1.807) is 67.6 Å². The summed E-state index contributed by atoms with van der Waals surface area (Å²) in [4.78, 5) is 107. The number of rotatable bonds is 23. The first-order chi connectivity index (χ1) is 29.8. The van der Waals surface area contributed by atoms with Crippen molar-refractivity contribution < 1.29 is 47.8 Å². The van der Waals surface area contributed by atoms with Crippen LogP contribution < -0.4 is 32.3 Å². The van der Waals surface area contributed by atoms with Crippen molar-refractivity contribution >= 4 is 47.3 Å². The van der Waals surface area contributed by atoms with Crippen LogP contribution in [0.15, 0.2) is 91.0 Å². The van der Waals surface area contributed by atoms with Gasteiger partial charge in [-0.25, -0.2) is 4.79 Å². The molecule has 62 heavy (non-hydrogen) atoms. The second-order valence-corrected chi connectivity index (χ2v) is 15.3. The van der Waals surface area contributed by atoms with Crippen LogP contribution in [0.3, 0.4) is 0 Å². The number of primary amides is 1. The number of Topliss-reactive ketones (excluding diaryl/α,β-unsaturated/α-hetero) is 1. The number of hydrogen-bond acceptors (Lipinski definition) is 10. The van der Waals surface area contributed by atoms with Gasteiger partial charge in [0.25, 0.3) is 11.8 Å². The third kappa shape index (κ3) is 15.1. The fourth-order valence-corrected chi connectivity index (χ4v) is 6.69. The molecule has 17 heteroatoms. The number of nitrogens with one attached hydrogen (secondary N) is 5. The van der Waals surface area contributed by atoms with E-state index in [1.807, 2.05) is 44.2 Å². The van der Waals surface area contributed by atoms with Crippen LogP contribution in [-0.2, 0) is 44.8 Å². The number of ether oxygens (including phenoxy) is 2. The average Bonchev–Trinajstić information content (AvgIpc) is 3.71. The Kier molecular flexibility index (Phi) is 19.1. The quantitative estimate of drug-likeness (QED) is 0.0601. The molecule has 3 aromatic rings. The molecule has 0 aromatic heterocycles. The molecule has 7 amide bonds. The lowest BCUT2D eigenvalue weighted by Crippen LogP contribution is -2.56. The Hall–Kier alpha value is -6.62. The molecule has 0 bridgehead atoms. The second-order valence-electron chi connectivity index (χ2n) is 15.3. The highest BCUT2D eigenvalue weighted by Gasteiger charge is 2.43. The van der Waals surface area contributed by atoms with E-state index >= 15 is 0 Å². The molecule has 0 radical (unpaired) electrons. The summed E-state index contributed by atoms with van der Waals surface area (Å²) in [5.41, 5.74) is 7.23.